The number of rotatable bonds is 2. The molecule has 0 aliphatic carbocycles. The molecule has 4 nitrogen and oxygen atoms in total. The highest BCUT2D eigenvalue weighted by Gasteiger charge is 2.15. The predicted molar refractivity (Wildman–Crippen MR) is 46.8 cm³/mol. The third kappa shape index (κ3) is 1.55. The SMILES string of the molecule is CNC(=O)c1nc(C)sc1OC. The van der Waals surface area contributed by atoms with E-state index in [-0.39, 0.29) is 5.91 Å². The zero-order valence-corrected chi connectivity index (χ0v) is 7.99. The van der Waals surface area contributed by atoms with Gasteiger partial charge in [-0.3, -0.25) is 4.79 Å². The average molecular weight is 186 g/mol. The van der Waals surface area contributed by atoms with Crippen molar-refractivity contribution in [2.45, 2.75) is 6.92 Å². The van der Waals surface area contributed by atoms with Gasteiger partial charge in [0.1, 0.15) is 0 Å². The molecule has 0 saturated carbocycles. The van der Waals surface area contributed by atoms with Gasteiger partial charge in [0.2, 0.25) is 5.06 Å². The molecule has 1 aromatic heterocycles. The number of carbonyl (C=O) groups is 1. The number of aromatic nitrogens is 1. The van der Waals surface area contributed by atoms with Gasteiger partial charge in [-0.25, -0.2) is 4.98 Å². The lowest BCUT2D eigenvalue weighted by molar-refractivity contribution is 0.0956. The van der Waals surface area contributed by atoms with Gasteiger partial charge < -0.3 is 10.1 Å². The van der Waals surface area contributed by atoms with E-state index in [1.165, 1.54) is 18.4 Å². The molecule has 66 valence electrons. The maximum absolute atomic E-state index is 11.2. The topological polar surface area (TPSA) is 51.2 Å². The minimum Gasteiger partial charge on any atom is -0.485 e. The average Bonchev–Trinajstić information content (AvgIpc) is 2.45. The van der Waals surface area contributed by atoms with Crippen LogP contribution in [0, 0.1) is 6.92 Å². The Morgan fingerprint density at radius 1 is 1.67 bits per heavy atom. The number of nitrogens with zero attached hydrogens (tertiary/aromatic N) is 1. The van der Waals surface area contributed by atoms with E-state index in [0.717, 1.165) is 5.01 Å². The van der Waals surface area contributed by atoms with Crippen LogP contribution in [0.5, 0.6) is 5.06 Å². The molecule has 5 heteroatoms. The number of methoxy groups -OCH3 is 1. The van der Waals surface area contributed by atoms with E-state index in [4.69, 9.17) is 4.74 Å². The summed E-state index contributed by atoms with van der Waals surface area (Å²) in [4.78, 5) is 15.2. The summed E-state index contributed by atoms with van der Waals surface area (Å²) >= 11 is 1.36. The summed E-state index contributed by atoms with van der Waals surface area (Å²) < 4.78 is 4.98. The monoisotopic (exact) mass is 186 g/mol. The lowest BCUT2D eigenvalue weighted by atomic mass is 10.4. The van der Waals surface area contributed by atoms with E-state index in [9.17, 15) is 4.79 Å². The Morgan fingerprint density at radius 3 is 2.83 bits per heavy atom. The Kier molecular flexibility index (Phi) is 2.65. The zero-order chi connectivity index (χ0) is 9.14. The lowest BCUT2D eigenvalue weighted by Gasteiger charge is -1.97. The van der Waals surface area contributed by atoms with Crippen molar-refractivity contribution in [3.05, 3.63) is 10.7 Å². The Hall–Kier alpha value is -1.10. The Bertz CT molecular complexity index is 296. The van der Waals surface area contributed by atoms with Crippen LogP contribution in [-0.4, -0.2) is 25.0 Å². The number of aryl methyl sites for hydroxylation is 1. The van der Waals surface area contributed by atoms with E-state index < -0.39 is 0 Å². The minimum absolute atomic E-state index is 0.212. The summed E-state index contributed by atoms with van der Waals surface area (Å²) in [7, 11) is 3.09. The molecule has 0 bridgehead atoms. The van der Waals surface area contributed by atoms with Crippen molar-refractivity contribution in [3.8, 4) is 5.06 Å². The fourth-order valence-electron chi connectivity index (χ4n) is 0.809. The highest BCUT2D eigenvalue weighted by molar-refractivity contribution is 7.13. The second-order valence-electron chi connectivity index (χ2n) is 2.15. The normalized spacial score (nSPS) is 9.58. The van der Waals surface area contributed by atoms with Gasteiger partial charge in [0.15, 0.2) is 5.69 Å². The number of hydrogen-bond acceptors (Lipinski definition) is 4. The fourth-order valence-corrected chi connectivity index (χ4v) is 1.53. The van der Waals surface area contributed by atoms with E-state index in [1.807, 2.05) is 6.92 Å². The summed E-state index contributed by atoms with van der Waals surface area (Å²) in [5.41, 5.74) is 0.363. The Labute approximate surface area is 74.6 Å². The molecule has 0 aliphatic rings. The van der Waals surface area contributed by atoms with Crippen LogP contribution in [0.25, 0.3) is 0 Å². The molecule has 0 spiro atoms. The number of amides is 1. The van der Waals surface area contributed by atoms with Crippen LogP contribution in [0.1, 0.15) is 15.5 Å². The van der Waals surface area contributed by atoms with Crippen molar-refractivity contribution in [1.29, 1.82) is 0 Å². The molecular weight excluding hydrogens is 176 g/mol. The molecule has 1 heterocycles. The first-order valence-corrected chi connectivity index (χ1v) is 4.24. The van der Waals surface area contributed by atoms with Gasteiger partial charge in [-0.1, -0.05) is 11.3 Å². The van der Waals surface area contributed by atoms with Crippen LogP contribution >= 0.6 is 11.3 Å². The maximum Gasteiger partial charge on any atom is 0.274 e. The van der Waals surface area contributed by atoms with Crippen LogP contribution in [-0.2, 0) is 0 Å². The molecule has 0 aliphatic heterocycles. The van der Waals surface area contributed by atoms with Crippen LogP contribution in [0.2, 0.25) is 0 Å². The standard InChI is InChI=1S/C7H10N2O2S/c1-4-9-5(6(10)8-2)7(11-3)12-4/h1-3H3,(H,8,10). The van der Waals surface area contributed by atoms with Gasteiger partial charge in [-0.15, -0.1) is 0 Å². The molecule has 1 rings (SSSR count). The van der Waals surface area contributed by atoms with Crippen molar-refractivity contribution in [3.63, 3.8) is 0 Å². The summed E-state index contributed by atoms with van der Waals surface area (Å²) in [6, 6.07) is 0. The van der Waals surface area contributed by atoms with Crippen LogP contribution in [0.4, 0.5) is 0 Å². The molecule has 0 radical (unpaired) electrons. The lowest BCUT2D eigenvalue weighted by Crippen LogP contribution is -2.18. The van der Waals surface area contributed by atoms with Crippen LogP contribution in [0.3, 0.4) is 0 Å². The van der Waals surface area contributed by atoms with Gasteiger partial charge in [0.05, 0.1) is 12.1 Å². The molecule has 0 aromatic carbocycles. The first kappa shape index (κ1) is 8.99. The third-order valence-corrected chi connectivity index (χ3v) is 2.26. The van der Waals surface area contributed by atoms with Crippen molar-refractivity contribution in [2.24, 2.45) is 0 Å². The first-order valence-electron chi connectivity index (χ1n) is 3.42. The number of thiazole rings is 1. The molecule has 1 amide bonds. The number of nitrogens with one attached hydrogen (secondary N) is 1. The van der Waals surface area contributed by atoms with Gasteiger partial charge in [0.25, 0.3) is 5.91 Å². The van der Waals surface area contributed by atoms with E-state index >= 15 is 0 Å². The van der Waals surface area contributed by atoms with Crippen LogP contribution < -0.4 is 10.1 Å². The van der Waals surface area contributed by atoms with Gasteiger partial charge in [-0.05, 0) is 6.92 Å². The Balaban J connectivity index is 3.04. The van der Waals surface area contributed by atoms with Gasteiger partial charge in [-0.2, -0.15) is 0 Å². The quantitative estimate of drug-likeness (QED) is 0.744. The summed E-state index contributed by atoms with van der Waals surface area (Å²) in [5, 5.41) is 3.88. The van der Waals surface area contributed by atoms with E-state index in [2.05, 4.69) is 10.3 Å². The molecule has 1 aromatic rings. The van der Waals surface area contributed by atoms with Crippen molar-refractivity contribution in [2.75, 3.05) is 14.2 Å². The first-order chi connectivity index (χ1) is 5.69. The zero-order valence-electron chi connectivity index (χ0n) is 7.17. The van der Waals surface area contributed by atoms with Crippen molar-refractivity contribution in [1.82, 2.24) is 10.3 Å². The maximum atomic E-state index is 11.2. The minimum atomic E-state index is -0.212. The Morgan fingerprint density at radius 2 is 2.33 bits per heavy atom. The van der Waals surface area contributed by atoms with Crippen molar-refractivity contribution >= 4 is 17.2 Å². The number of ether oxygens (including phenoxy) is 1. The predicted octanol–water partition coefficient (Wildman–Crippen LogP) is 0.820. The molecular formula is C7H10N2O2S. The summed E-state index contributed by atoms with van der Waals surface area (Å²) in [6.45, 7) is 1.83. The number of carbonyl (C=O) groups excluding carboxylic acids is 1. The van der Waals surface area contributed by atoms with Crippen LogP contribution in [0.15, 0.2) is 0 Å². The molecule has 12 heavy (non-hydrogen) atoms. The smallest absolute Gasteiger partial charge is 0.274 e. The third-order valence-electron chi connectivity index (χ3n) is 1.33. The fraction of sp³-hybridized carbons (Fsp3) is 0.429. The molecule has 0 unspecified atom stereocenters. The molecule has 0 atom stereocenters. The van der Waals surface area contributed by atoms with E-state index in [0.29, 0.717) is 10.8 Å². The van der Waals surface area contributed by atoms with E-state index in [1.54, 1.807) is 7.05 Å². The van der Waals surface area contributed by atoms with Crippen molar-refractivity contribution < 1.29 is 9.53 Å². The summed E-state index contributed by atoms with van der Waals surface area (Å²) in [5.74, 6) is -0.212. The number of hydrogen-bond donors (Lipinski definition) is 1. The highest BCUT2D eigenvalue weighted by Crippen LogP contribution is 2.25. The van der Waals surface area contributed by atoms with Gasteiger partial charge >= 0.3 is 0 Å². The van der Waals surface area contributed by atoms with Gasteiger partial charge in [0, 0.05) is 7.05 Å². The second-order valence-corrected chi connectivity index (χ2v) is 3.32. The highest BCUT2D eigenvalue weighted by atomic mass is 32.1. The second kappa shape index (κ2) is 3.53. The molecule has 1 N–H and O–H groups in total. The summed E-state index contributed by atoms with van der Waals surface area (Å²) in [6.07, 6.45) is 0. The molecule has 0 fully saturated rings. The largest absolute Gasteiger partial charge is 0.485 e. The molecule has 0 saturated heterocycles.